The Hall–Kier alpha value is -3.84. The van der Waals surface area contributed by atoms with Crippen LogP contribution in [-0.2, 0) is 16.2 Å². The minimum Gasteiger partial charge on any atom is -0.490 e. The van der Waals surface area contributed by atoms with Gasteiger partial charge in [-0.1, -0.05) is 41.9 Å². The summed E-state index contributed by atoms with van der Waals surface area (Å²) >= 11 is 5.91. The normalized spacial score (nSPS) is 10.6. The summed E-state index contributed by atoms with van der Waals surface area (Å²) in [6.45, 7) is 2.68. The van der Waals surface area contributed by atoms with Crippen LogP contribution in [0.2, 0.25) is 5.02 Å². The predicted octanol–water partition coefficient (Wildman–Crippen LogP) is 4.41. The Morgan fingerprint density at radius 1 is 0.938 bits per heavy atom. The molecular weight excluding hydrogens is 430 g/mol. The van der Waals surface area contributed by atoms with Crippen molar-refractivity contribution >= 4 is 35.3 Å². The molecular formula is C24H22ClN3O4. The van der Waals surface area contributed by atoms with Crippen molar-refractivity contribution in [1.82, 2.24) is 5.43 Å². The molecule has 2 N–H and O–H groups in total. The SMILES string of the molecule is CCOc1cc(/C=N\NC(=O)C(=O)Nc2ccccc2)ccc1OCc1ccc(Cl)cc1. The van der Waals surface area contributed by atoms with E-state index in [9.17, 15) is 9.59 Å². The highest BCUT2D eigenvalue weighted by Crippen LogP contribution is 2.29. The van der Waals surface area contributed by atoms with Crippen LogP contribution in [0.15, 0.2) is 77.9 Å². The highest BCUT2D eigenvalue weighted by molar-refractivity contribution is 6.39. The molecule has 2 amide bonds. The van der Waals surface area contributed by atoms with E-state index in [1.165, 1.54) is 6.21 Å². The summed E-state index contributed by atoms with van der Waals surface area (Å²) in [4.78, 5) is 23.8. The van der Waals surface area contributed by atoms with Crippen LogP contribution < -0.4 is 20.2 Å². The first-order valence-corrected chi connectivity index (χ1v) is 10.3. The average molecular weight is 452 g/mol. The van der Waals surface area contributed by atoms with Crippen LogP contribution in [0, 0.1) is 0 Å². The van der Waals surface area contributed by atoms with Gasteiger partial charge in [0.15, 0.2) is 11.5 Å². The standard InChI is InChI=1S/C24H22ClN3O4/c1-2-31-22-14-18(10-13-21(22)32-16-17-8-11-19(25)12-9-17)15-26-28-24(30)23(29)27-20-6-4-3-5-7-20/h3-15H,2,16H2,1H3,(H,27,29)(H,28,30)/b26-15-. The minimum absolute atomic E-state index is 0.358. The number of carbonyl (C=O) groups is 2. The largest absolute Gasteiger partial charge is 0.490 e. The molecule has 3 aromatic rings. The van der Waals surface area contributed by atoms with Crippen LogP contribution in [0.5, 0.6) is 11.5 Å². The van der Waals surface area contributed by atoms with E-state index in [0.29, 0.717) is 41.0 Å². The van der Waals surface area contributed by atoms with Gasteiger partial charge < -0.3 is 14.8 Å². The molecule has 0 aliphatic heterocycles. The third-order valence-electron chi connectivity index (χ3n) is 4.19. The third kappa shape index (κ3) is 6.85. The van der Waals surface area contributed by atoms with Gasteiger partial charge in [0.1, 0.15) is 6.61 Å². The number of hydrazone groups is 1. The molecule has 0 fully saturated rings. The molecule has 0 aliphatic rings. The lowest BCUT2D eigenvalue weighted by Gasteiger charge is -2.12. The Balaban J connectivity index is 1.59. The van der Waals surface area contributed by atoms with Crippen LogP contribution in [0.3, 0.4) is 0 Å². The zero-order valence-electron chi connectivity index (χ0n) is 17.4. The number of carbonyl (C=O) groups excluding carboxylic acids is 2. The number of hydrogen-bond acceptors (Lipinski definition) is 5. The highest BCUT2D eigenvalue weighted by atomic mass is 35.5. The summed E-state index contributed by atoms with van der Waals surface area (Å²) in [6, 6.07) is 21.3. The maximum Gasteiger partial charge on any atom is 0.329 e. The number of rotatable bonds is 8. The number of nitrogens with zero attached hydrogens (tertiary/aromatic N) is 1. The molecule has 32 heavy (non-hydrogen) atoms. The lowest BCUT2D eigenvalue weighted by molar-refractivity contribution is -0.136. The molecule has 0 saturated carbocycles. The first-order chi connectivity index (χ1) is 15.5. The monoisotopic (exact) mass is 451 g/mol. The first kappa shape index (κ1) is 22.8. The first-order valence-electron chi connectivity index (χ1n) is 9.88. The van der Waals surface area contributed by atoms with E-state index in [1.54, 1.807) is 54.6 Å². The fourth-order valence-electron chi connectivity index (χ4n) is 2.66. The maximum absolute atomic E-state index is 11.9. The van der Waals surface area contributed by atoms with E-state index in [4.69, 9.17) is 21.1 Å². The van der Waals surface area contributed by atoms with Crippen molar-refractivity contribution in [3.63, 3.8) is 0 Å². The molecule has 3 rings (SSSR count). The van der Waals surface area contributed by atoms with Gasteiger partial charge in [0, 0.05) is 10.7 Å². The second kappa shape index (κ2) is 11.5. The number of para-hydroxylation sites is 1. The summed E-state index contributed by atoms with van der Waals surface area (Å²) < 4.78 is 11.5. The quantitative estimate of drug-likeness (QED) is 0.301. The van der Waals surface area contributed by atoms with Crippen molar-refractivity contribution in [3.05, 3.63) is 88.9 Å². The fraction of sp³-hybridized carbons (Fsp3) is 0.125. The van der Waals surface area contributed by atoms with Crippen molar-refractivity contribution in [2.45, 2.75) is 13.5 Å². The van der Waals surface area contributed by atoms with Crippen LogP contribution in [0.4, 0.5) is 5.69 Å². The number of ether oxygens (including phenoxy) is 2. The molecule has 164 valence electrons. The Bertz CT molecular complexity index is 1090. The Morgan fingerprint density at radius 2 is 1.69 bits per heavy atom. The number of nitrogens with one attached hydrogen (secondary N) is 2. The van der Waals surface area contributed by atoms with Crippen LogP contribution in [0.1, 0.15) is 18.1 Å². The van der Waals surface area contributed by atoms with Crippen LogP contribution >= 0.6 is 11.6 Å². The van der Waals surface area contributed by atoms with Gasteiger partial charge in [-0.05, 0) is 60.5 Å². The summed E-state index contributed by atoms with van der Waals surface area (Å²) in [5, 5.41) is 6.99. The van der Waals surface area contributed by atoms with Crippen molar-refractivity contribution in [3.8, 4) is 11.5 Å². The van der Waals surface area contributed by atoms with Gasteiger partial charge in [-0.15, -0.1) is 0 Å². The number of hydrogen-bond donors (Lipinski definition) is 2. The molecule has 3 aromatic carbocycles. The molecule has 0 bridgehead atoms. The van der Waals surface area contributed by atoms with Gasteiger partial charge >= 0.3 is 11.8 Å². The molecule has 0 unspecified atom stereocenters. The van der Waals surface area contributed by atoms with Gasteiger partial charge in [0.2, 0.25) is 0 Å². The number of benzene rings is 3. The predicted molar refractivity (Wildman–Crippen MR) is 124 cm³/mol. The Kier molecular flexibility index (Phi) is 8.22. The average Bonchev–Trinajstić information content (AvgIpc) is 2.80. The van der Waals surface area contributed by atoms with Gasteiger partial charge in [-0.3, -0.25) is 9.59 Å². The van der Waals surface area contributed by atoms with Gasteiger partial charge in [0.25, 0.3) is 0 Å². The van der Waals surface area contributed by atoms with Gasteiger partial charge in [-0.25, -0.2) is 5.43 Å². The number of anilines is 1. The summed E-state index contributed by atoms with van der Waals surface area (Å²) in [7, 11) is 0. The third-order valence-corrected chi connectivity index (χ3v) is 4.44. The van der Waals surface area contributed by atoms with Gasteiger partial charge in [0.05, 0.1) is 12.8 Å². The second-order valence-electron chi connectivity index (χ2n) is 6.57. The van der Waals surface area contributed by atoms with Gasteiger partial charge in [-0.2, -0.15) is 5.10 Å². The lowest BCUT2D eigenvalue weighted by atomic mass is 10.2. The van der Waals surface area contributed by atoms with E-state index in [0.717, 1.165) is 5.56 Å². The molecule has 0 heterocycles. The molecule has 0 aliphatic carbocycles. The second-order valence-corrected chi connectivity index (χ2v) is 7.01. The topological polar surface area (TPSA) is 89.0 Å². The number of halogens is 1. The van der Waals surface area contributed by atoms with E-state index < -0.39 is 11.8 Å². The van der Waals surface area contributed by atoms with Crippen molar-refractivity contribution < 1.29 is 19.1 Å². The summed E-state index contributed by atoms with van der Waals surface area (Å²) in [5.74, 6) is -0.573. The molecule has 0 saturated heterocycles. The Labute approximate surface area is 191 Å². The van der Waals surface area contributed by atoms with Crippen molar-refractivity contribution in [2.75, 3.05) is 11.9 Å². The highest BCUT2D eigenvalue weighted by Gasteiger charge is 2.12. The van der Waals surface area contributed by atoms with Crippen LogP contribution in [0.25, 0.3) is 0 Å². The summed E-state index contributed by atoms with van der Waals surface area (Å²) in [5.41, 5.74) is 4.36. The van der Waals surface area contributed by atoms with E-state index in [2.05, 4.69) is 15.8 Å². The van der Waals surface area contributed by atoms with Crippen molar-refractivity contribution in [1.29, 1.82) is 0 Å². The van der Waals surface area contributed by atoms with E-state index in [-0.39, 0.29) is 0 Å². The number of amides is 2. The van der Waals surface area contributed by atoms with E-state index in [1.807, 2.05) is 25.1 Å². The van der Waals surface area contributed by atoms with Crippen LogP contribution in [-0.4, -0.2) is 24.6 Å². The fourth-order valence-corrected chi connectivity index (χ4v) is 2.79. The molecule has 0 aromatic heterocycles. The maximum atomic E-state index is 11.9. The zero-order valence-corrected chi connectivity index (χ0v) is 18.1. The summed E-state index contributed by atoms with van der Waals surface area (Å²) in [6.07, 6.45) is 1.42. The molecule has 0 radical (unpaired) electrons. The molecule has 7 nitrogen and oxygen atoms in total. The molecule has 0 spiro atoms. The zero-order chi connectivity index (χ0) is 22.8. The minimum atomic E-state index is -0.877. The smallest absolute Gasteiger partial charge is 0.329 e. The molecule has 8 heteroatoms. The Morgan fingerprint density at radius 3 is 2.41 bits per heavy atom. The molecule has 0 atom stereocenters. The van der Waals surface area contributed by atoms with E-state index >= 15 is 0 Å². The van der Waals surface area contributed by atoms with Crippen molar-refractivity contribution in [2.24, 2.45) is 5.10 Å². The lowest BCUT2D eigenvalue weighted by Crippen LogP contribution is -2.32.